The van der Waals surface area contributed by atoms with Gasteiger partial charge < -0.3 is 9.64 Å². The first-order chi connectivity index (χ1) is 10.3. The van der Waals surface area contributed by atoms with Crippen LogP contribution in [0.4, 0.5) is 4.39 Å². The fraction of sp³-hybridized carbons (Fsp3) is 0.500. The van der Waals surface area contributed by atoms with Gasteiger partial charge in [0.05, 0.1) is 0 Å². The molecular formula is C14H18FNO4S2. The molecule has 0 spiro atoms. The summed E-state index contributed by atoms with van der Waals surface area (Å²) in [6.45, 7) is 1.90. The van der Waals surface area contributed by atoms with Crippen LogP contribution in [0.15, 0.2) is 24.3 Å². The number of benzene rings is 1. The van der Waals surface area contributed by atoms with Crippen molar-refractivity contribution in [1.29, 1.82) is 0 Å². The monoisotopic (exact) mass is 347 g/mol. The highest BCUT2D eigenvalue weighted by Crippen LogP contribution is 2.22. The van der Waals surface area contributed by atoms with Crippen molar-refractivity contribution in [2.24, 2.45) is 0 Å². The van der Waals surface area contributed by atoms with Crippen molar-refractivity contribution in [3.05, 3.63) is 30.1 Å². The molecule has 1 amide bonds. The van der Waals surface area contributed by atoms with Crippen LogP contribution in [0.3, 0.4) is 0 Å². The van der Waals surface area contributed by atoms with Crippen LogP contribution in [0.1, 0.15) is 6.92 Å². The van der Waals surface area contributed by atoms with Gasteiger partial charge in [-0.15, -0.1) is 0 Å². The van der Waals surface area contributed by atoms with E-state index in [0.29, 0.717) is 18.1 Å². The fourth-order valence-corrected chi connectivity index (χ4v) is 5.04. The van der Waals surface area contributed by atoms with Crippen LogP contribution in [-0.2, 0) is 14.6 Å². The molecule has 5 nitrogen and oxygen atoms in total. The first-order valence-electron chi connectivity index (χ1n) is 6.78. The number of rotatable bonds is 4. The molecule has 0 aliphatic carbocycles. The number of carbonyl (C=O) groups excluding carboxylic acids is 1. The zero-order valence-corrected chi connectivity index (χ0v) is 14.0. The third-order valence-corrected chi connectivity index (χ3v) is 5.96. The van der Waals surface area contributed by atoms with E-state index in [1.165, 1.54) is 41.8 Å². The maximum absolute atomic E-state index is 13.1. The van der Waals surface area contributed by atoms with Crippen molar-refractivity contribution >= 4 is 27.5 Å². The molecule has 1 heterocycles. The van der Waals surface area contributed by atoms with Crippen LogP contribution in [0.5, 0.6) is 5.75 Å². The number of carbonyl (C=O) groups is 1. The van der Waals surface area contributed by atoms with Crippen LogP contribution in [0.2, 0.25) is 0 Å². The molecule has 22 heavy (non-hydrogen) atoms. The minimum atomic E-state index is -3.36. The normalized spacial score (nSPS) is 20.5. The first-order valence-corrected chi connectivity index (χ1v) is 9.89. The molecule has 1 aliphatic rings. The van der Waals surface area contributed by atoms with Crippen LogP contribution in [-0.4, -0.2) is 55.0 Å². The van der Waals surface area contributed by atoms with E-state index in [9.17, 15) is 17.6 Å². The van der Waals surface area contributed by atoms with Gasteiger partial charge in [-0.2, -0.15) is 11.8 Å². The molecule has 0 unspecified atom stereocenters. The summed E-state index contributed by atoms with van der Waals surface area (Å²) >= 11 is 1.51. The second-order valence-corrected chi connectivity index (χ2v) is 8.46. The summed E-state index contributed by atoms with van der Waals surface area (Å²) < 4.78 is 42.2. The zero-order chi connectivity index (χ0) is 16.3. The van der Waals surface area contributed by atoms with E-state index in [1.807, 2.05) is 0 Å². The minimum Gasteiger partial charge on any atom is -0.481 e. The van der Waals surface area contributed by atoms with Crippen molar-refractivity contribution in [3.63, 3.8) is 0 Å². The number of sulfone groups is 1. The lowest BCUT2D eigenvalue weighted by Crippen LogP contribution is -2.53. The molecule has 2 rings (SSSR count). The summed E-state index contributed by atoms with van der Waals surface area (Å²) in [5.41, 5.74) is 0. The number of hydrogen-bond donors (Lipinski definition) is 0. The first kappa shape index (κ1) is 17.1. The summed E-state index contributed by atoms with van der Waals surface area (Å²) in [6, 6.07) is 5.50. The molecule has 0 N–H and O–H groups in total. The van der Waals surface area contributed by atoms with Gasteiger partial charge >= 0.3 is 0 Å². The van der Waals surface area contributed by atoms with Gasteiger partial charge in [0.25, 0.3) is 5.91 Å². The Kier molecular flexibility index (Phi) is 5.33. The SMILES string of the molecule is C[C@H](Oc1cccc(F)c1)C(=O)N1CCSC[C@H]1S(C)(=O)=O. The summed E-state index contributed by atoms with van der Waals surface area (Å²) in [6.07, 6.45) is 0.246. The summed E-state index contributed by atoms with van der Waals surface area (Å²) in [4.78, 5) is 13.8. The Morgan fingerprint density at radius 3 is 2.86 bits per heavy atom. The molecule has 1 fully saturated rings. The molecule has 2 atom stereocenters. The van der Waals surface area contributed by atoms with E-state index in [0.717, 1.165) is 6.26 Å². The average molecular weight is 347 g/mol. The lowest BCUT2D eigenvalue weighted by molar-refractivity contribution is -0.138. The molecule has 0 bridgehead atoms. The molecule has 1 aliphatic heterocycles. The van der Waals surface area contributed by atoms with Crippen LogP contribution >= 0.6 is 11.8 Å². The van der Waals surface area contributed by atoms with Gasteiger partial charge in [0.2, 0.25) is 0 Å². The van der Waals surface area contributed by atoms with Crippen molar-refractivity contribution in [1.82, 2.24) is 4.90 Å². The van der Waals surface area contributed by atoms with Gasteiger partial charge in [-0.25, -0.2) is 12.8 Å². The minimum absolute atomic E-state index is 0.239. The van der Waals surface area contributed by atoms with E-state index >= 15 is 0 Å². The number of thioether (sulfide) groups is 1. The number of ether oxygens (including phenoxy) is 1. The Morgan fingerprint density at radius 1 is 1.50 bits per heavy atom. The number of nitrogens with zero attached hydrogens (tertiary/aromatic N) is 1. The standard InChI is InChI=1S/C14H18FNO4S2/c1-10(20-12-5-3-4-11(15)8-12)14(17)16-6-7-21-9-13(16)22(2,18)19/h3-5,8,10,13H,6-7,9H2,1-2H3/t10-,13+/m0/s1. The quantitative estimate of drug-likeness (QED) is 0.827. The second kappa shape index (κ2) is 6.87. The van der Waals surface area contributed by atoms with Gasteiger partial charge in [-0.3, -0.25) is 4.79 Å². The molecule has 0 aromatic heterocycles. The van der Waals surface area contributed by atoms with Crippen LogP contribution in [0.25, 0.3) is 0 Å². The molecular weight excluding hydrogens is 329 g/mol. The Balaban J connectivity index is 2.11. The highest BCUT2D eigenvalue weighted by atomic mass is 32.2. The Morgan fingerprint density at radius 2 is 2.23 bits per heavy atom. The predicted octanol–water partition coefficient (Wildman–Crippen LogP) is 1.54. The van der Waals surface area contributed by atoms with E-state index in [1.54, 1.807) is 6.07 Å². The number of halogens is 1. The molecule has 0 saturated carbocycles. The fourth-order valence-electron chi connectivity index (χ4n) is 2.22. The number of hydrogen-bond acceptors (Lipinski definition) is 5. The largest absolute Gasteiger partial charge is 0.481 e. The third-order valence-electron chi connectivity index (χ3n) is 3.32. The lowest BCUT2D eigenvalue weighted by Gasteiger charge is -2.35. The summed E-state index contributed by atoms with van der Waals surface area (Å²) in [7, 11) is -3.36. The molecule has 8 heteroatoms. The third kappa shape index (κ3) is 4.13. The molecule has 1 aromatic carbocycles. The zero-order valence-electron chi connectivity index (χ0n) is 12.4. The second-order valence-electron chi connectivity index (χ2n) is 5.11. The average Bonchev–Trinajstić information content (AvgIpc) is 2.45. The van der Waals surface area contributed by atoms with Crippen molar-refractivity contribution in [2.75, 3.05) is 24.3 Å². The van der Waals surface area contributed by atoms with Crippen molar-refractivity contribution in [3.8, 4) is 5.75 Å². The predicted molar refractivity (Wildman–Crippen MR) is 84.2 cm³/mol. The van der Waals surface area contributed by atoms with E-state index < -0.39 is 33.0 Å². The van der Waals surface area contributed by atoms with E-state index in [-0.39, 0.29) is 5.75 Å². The Labute approximate surface area is 133 Å². The highest BCUT2D eigenvalue weighted by Gasteiger charge is 2.36. The van der Waals surface area contributed by atoms with Gasteiger partial charge in [-0.05, 0) is 19.1 Å². The lowest BCUT2D eigenvalue weighted by atomic mass is 10.3. The topological polar surface area (TPSA) is 63.7 Å². The maximum Gasteiger partial charge on any atom is 0.264 e. The molecule has 1 saturated heterocycles. The van der Waals surface area contributed by atoms with Gasteiger partial charge in [0, 0.05) is 30.4 Å². The van der Waals surface area contributed by atoms with Crippen molar-refractivity contribution in [2.45, 2.75) is 18.4 Å². The molecule has 1 aromatic rings. The summed E-state index contributed by atoms with van der Waals surface area (Å²) in [5, 5.41) is -0.836. The van der Waals surface area contributed by atoms with Crippen molar-refractivity contribution < 1.29 is 22.3 Å². The van der Waals surface area contributed by atoms with Gasteiger partial charge in [-0.1, -0.05) is 6.07 Å². The summed E-state index contributed by atoms with van der Waals surface area (Å²) in [5.74, 6) is 0.422. The van der Waals surface area contributed by atoms with Gasteiger partial charge in [0.15, 0.2) is 15.9 Å². The molecule has 0 radical (unpaired) electrons. The maximum atomic E-state index is 13.1. The van der Waals surface area contributed by atoms with Crippen LogP contribution < -0.4 is 4.74 Å². The highest BCUT2D eigenvalue weighted by molar-refractivity contribution is 8.00. The Bertz CT molecular complexity index is 650. The number of amides is 1. The van der Waals surface area contributed by atoms with Gasteiger partial charge in [0.1, 0.15) is 16.9 Å². The smallest absolute Gasteiger partial charge is 0.264 e. The van der Waals surface area contributed by atoms with E-state index in [4.69, 9.17) is 4.74 Å². The Hall–Kier alpha value is -1.28. The van der Waals surface area contributed by atoms with Crippen LogP contribution in [0, 0.1) is 5.82 Å². The van der Waals surface area contributed by atoms with E-state index in [2.05, 4.69) is 0 Å². The molecule has 122 valence electrons.